The number of hydrogen-bond donors (Lipinski definition) is 2. The van der Waals surface area contributed by atoms with Gasteiger partial charge in [-0.2, -0.15) is 0 Å². The lowest BCUT2D eigenvalue weighted by atomic mass is 9.79. The van der Waals surface area contributed by atoms with Gasteiger partial charge in [-0.1, -0.05) is 12.8 Å². The number of aliphatic hydroxyl groups excluding tert-OH is 1. The number of furan rings is 1. The molecule has 0 bridgehead atoms. The van der Waals surface area contributed by atoms with Gasteiger partial charge in [0.2, 0.25) is 0 Å². The lowest BCUT2D eigenvalue weighted by Gasteiger charge is -2.30. The van der Waals surface area contributed by atoms with Crippen LogP contribution < -0.4 is 5.32 Å². The smallest absolute Gasteiger partial charge is 0.164 e. The number of aliphatic hydroxyl groups is 1. The van der Waals surface area contributed by atoms with E-state index in [0.717, 1.165) is 22.6 Å². The first kappa shape index (κ1) is 13.4. The van der Waals surface area contributed by atoms with Crippen LogP contribution in [0.3, 0.4) is 0 Å². The molecule has 2 unspecified atom stereocenters. The van der Waals surface area contributed by atoms with E-state index in [1.165, 1.54) is 25.7 Å². The summed E-state index contributed by atoms with van der Waals surface area (Å²) in [5.41, 5.74) is 0. The number of nitrogens with one attached hydrogen (secondary N) is 1. The molecular formula is C13H20INO2. The summed E-state index contributed by atoms with van der Waals surface area (Å²) in [6.45, 7) is 2.12. The number of hydrogen-bond acceptors (Lipinski definition) is 3. The Balaban J connectivity index is 1.73. The van der Waals surface area contributed by atoms with Gasteiger partial charge < -0.3 is 14.8 Å². The molecule has 1 aliphatic rings. The van der Waals surface area contributed by atoms with Crippen LogP contribution >= 0.6 is 22.6 Å². The van der Waals surface area contributed by atoms with E-state index >= 15 is 0 Å². The fourth-order valence-electron chi connectivity index (χ4n) is 2.62. The van der Waals surface area contributed by atoms with Crippen LogP contribution in [0.15, 0.2) is 16.5 Å². The fraction of sp³-hybridized carbons (Fsp3) is 0.692. The average molecular weight is 349 g/mol. The quantitative estimate of drug-likeness (QED) is 0.804. The third-order valence-corrected chi connectivity index (χ3v) is 4.22. The van der Waals surface area contributed by atoms with Gasteiger partial charge in [-0.25, -0.2) is 0 Å². The van der Waals surface area contributed by atoms with Crippen LogP contribution in [0.4, 0.5) is 0 Å². The molecule has 1 heterocycles. The largest absolute Gasteiger partial charge is 0.454 e. The highest BCUT2D eigenvalue weighted by atomic mass is 127. The van der Waals surface area contributed by atoms with Crippen molar-refractivity contribution in [1.29, 1.82) is 0 Å². The van der Waals surface area contributed by atoms with Crippen molar-refractivity contribution in [3.8, 4) is 0 Å². The van der Waals surface area contributed by atoms with Gasteiger partial charge in [0.15, 0.2) is 3.77 Å². The second-order valence-corrected chi connectivity index (χ2v) is 5.89. The highest BCUT2D eigenvalue weighted by molar-refractivity contribution is 14.1. The van der Waals surface area contributed by atoms with Crippen molar-refractivity contribution in [3.63, 3.8) is 0 Å². The maximum absolute atomic E-state index is 9.33. The zero-order valence-electron chi connectivity index (χ0n) is 9.99. The first-order valence-electron chi connectivity index (χ1n) is 6.35. The Morgan fingerprint density at radius 1 is 1.29 bits per heavy atom. The molecule has 2 atom stereocenters. The highest BCUT2D eigenvalue weighted by Crippen LogP contribution is 2.29. The third-order valence-electron chi connectivity index (χ3n) is 3.64. The summed E-state index contributed by atoms with van der Waals surface area (Å²) in [6.07, 6.45) is 5.01. The summed E-state index contributed by atoms with van der Waals surface area (Å²) >= 11 is 2.18. The van der Waals surface area contributed by atoms with Gasteiger partial charge in [-0.05, 0) is 65.9 Å². The maximum Gasteiger partial charge on any atom is 0.164 e. The van der Waals surface area contributed by atoms with E-state index in [2.05, 4.69) is 27.9 Å². The molecule has 0 saturated heterocycles. The molecule has 0 amide bonds. The van der Waals surface area contributed by atoms with Crippen LogP contribution in [0.1, 0.15) is 31.4 Å². The summed E-state index contributed by atoms with van der Waals surface area (Å²) in [5, 5.41) is 12.8. The lowest BCUT2D eigenvalue weighted by Crippen LogP contribution is -2.32. The van der Waals surface area contributed by atoms with Gasteiger partial charge in [0.1, 0.15) is 5.76 Å². The minimum Gasteiger partial charge on any atom is -0.454 e. The average Bonchev–Trinajstić information content (AvgIpc) is 2.76. The molecule has 0 radical (unpaired) electrons. The van der Waals surface area contributed by atoms with Crippen molar-refractivity contribution in [1.82, 2.24) is 5.32 Å². The third kappa shape index (κ3) is 3.96. The molecule has 0 aromatic carbocycles. The van der Waals surface area contributed by atoms with E-state index in [4.69, 9.17) is 4.42 Å². The molecule has 1 fully saturated rings. The van der Waals surface area contributed by atoms with Crippen molar-refractivity contribution in [2.24, 2.45) is 11.8 Å². The van der Waals surface area contributed by atoms with Crippen molar-refractivity contribution >= 4 is 22.6 Å². The van der Waals surface area contributed by atoms with Gasteiger partial charge in [0.05, 0.1) is 6.54 Å². The Labute approximate surface area is 116 Å². The van der Waals surface area contributed by atoms with Crippen LogP contribution in [0.2, 0.25) is 0 Å². The van der Waals surface area contributed by atoms with Gasteiger partial charge in [0, 0.05) is 6.61 Å². The zero-order chi connectivity index (χ0) is 12.1. The summed E-state index contributed by atoms with van der Waals surface area (Å²) in [6, 6.07) is 3.99. The fourth-order valence-corrected chi connectivity index (χ4v) is 3.08. The first-order valence-corrected chi connectivity index (χ1v) is 7.43. The minimum absolute atomic E-state index is 0.338. The topological polar surface area (TPSA) is 45.4 Å². The summed E-state index contributed by atoms with van der Waals surface area (Å²) in [7, 11) is 0. The molecule has 1 aliphatic carbocycles. The summed E-state index contributed by atoms with van der Waals surface area (Å²) in [5.74, 6) is 2.11. The molecule has 1 aromatic heterocycles. The zero-order valence-corrected chi connectivity index (χ0v) is 12.2. The van der Waals surface area contributed by atoms with E-state index in [1.807, 2.05) is 12.1 Å². The van der Waals surface area contributed by atoms with E-state index in [0.29, 0.717) is 18.4 Å². The van der Waals surface area contributed by atoms with Crippen LogP contribution in [0, 0.1) is 15.6 Å². The van der Waals surface area contributed by atoms with Crippen LogP contribution in [0.5, 0.6) is 0 Å². The molecule has 3 nitrogen and oxygen atoms in total. The van der Waals surface area contributed by atoms with E-state index in [1.54, 1.807) is 0 Å². The lowest BCUT2D eigenvalue weighted by molar-refractivity contribution is 0.132. The van der Waals surface area contributed by atoms with E-state index in [-0.39, 0.29) is 0 Å². The maximum atomic E-state index is 9.33. The summed E-state index contributed by atoms with van der Waals surface area (Å²) in [4.78, 5) is 0. The molecular weight excluding hydrogens is 329 g/mol. The van der Waals surface area contributed by atoms with E-state index < -0.39 is 0 Å². The van der Waals surface area contributed by atoms with Crippen LogP contribution in [-0.4, -0.2) is 18.3 Å². The minimum atomic E-state index is 0.338. The monoisotopic (exact) mass is 349 g/mol. The van der Waals surface area contributed by atoms with Gasteiger partial charge >= 0.3 is 0 Å². The Morgan fingerprint density at radius 3 is 2.71 bits per heavy atom. The van der Waals surface area contributed by atoms with Crippen molar-refractivity contribution in [3.05, 3.63) is 21.7 Å². The Morgan fingerprint density at radius 2 is 2.06 bits per heavy atom. The Hall–Kier alpha value is -0.0700. The van der Waals surface area contributed by atoms with Gasteiger partial charge in [-0.3, -0.25) is 0 Å². The Bertz CT molecular complexity index is 340. The van der Waals surface area contributed by atoms with Gasteiger partial charge in [-0.15, -0.1) is 0 Å². The SMILES string of the molecule is OCC1CCCCC1CNCc1ccc(I)o1. The predicted molar refractivity (Wildman–Crippen MR) is 75.7 cm³/mol. The molecule has 1 aromatic rings. The van der Waals surface area contributed by atoms with Crippen molar-refractivity contribution < 1.29 is 9.52 Å². The van der Waals surface area contributed by atoms with Crippen molar-refractivity contribution in [2.45, 2.75) is 32.2 Å². The second-order valence-electron chi connectivity index (χ2n) is 4.82. The summed E-state index contributed by atoms with van der Waals surface area (Å²) < 4.78 is 6.44. The molecule has 17 heavy (non-hydrogen) atoms. The molecule has 2 N–H and O–H groups in total. The standard InChI is InChI=1S/C13H20INO2/c14-13-6-5-12(17-13)8-15-7-10-3-1-2-4-11(10)9-16/h5-6,10-11,15-16H,1-4,7-9H2. The highest BCUT2D eigenvalue weighted by Gasteiger charge is 2.23. The normalized spacial score (nSPS) is 25.1. The molecule has 1 saturated carbocycles. The molecule has 2 rings (SSSR count). The molecule has 4 heteroatoms. The van der Waals surface area contributed by atoms with E-state index in [9.17, 15) is 5.11 Å². The second kappa shape index (κ2) is 6.75. The molecule has 0 aliphatic heterocycles. The molecule has 0 spiro atoms. The first-order chi connectivity index (χ1) is 8.29. The number of halogens is 1. The van der Waals surface area contributed by atoms with Gasteiger partial charge in [0.25, 0.3) is 0 Å². The Kier molecular flexibility index (Phi) is 5.31. The van der Waals surface area contributed by atoms with Crippen LogP contribution in [-0.2, 0) is 6.54 Å². The number of rotatable bonds is 5. The predicted octanol–water partition coefficient (Wildman–Crippen LogP) is 2.77. The molecule has 96 valence electrons. The van der Waals surface area contributed by atoms with Crippen molar-refractivity contribution in [2.75, 3.05) is 13.2 Å². The van der Waals surface area contributed by atoms with Crippen LogP contribution in [0.25, 0.3) is 0 Å².